The minimum absolute atomic E-state index is 0.0567. The van der Waals surface area contributed by atoms with Gasteiger partial charge in [0, 0.05) is 53.0 Å². The zero-order chi connectivity index (χ0) is 22.7. The van der Waals surface area contributed by atoms with E-state index in [0.29, 0.717) is 35.3 Å². The van der Waals surface area contributed by atoms with Crippen LogP contribution in [0.3, 0.4) is 0 Å². The lowest BCUT2D eigenvalue weighted by Crippen LogP contribution is -2.36. The molecule has 1 saturated carbocycles. The molecule has 1 atom stereocenters. The number of aromatic nitrogens is 1. The van der Waals surface area contributed by atoms with Gasteiger partial charge in [-0.1, -0.05) is 0 Å². The molecule has 2 heterocycles. The van der Waals surface area contributed by atoms with Crippen LogP contribution in [0, 0.1) is 11.2 Å². The monoisotopic (exact) mass is 437 g/mol. The van der Waals surface area contributed by atoms with Crippen molar-refractivity contribution in [1.29, 1.82) is 5.41 Å². The maximum atomic E-state index is 14.1. The molecule has 0 saturated heterocycles. The van der Waals surface area contributed by atoms with E-state index in [9.17, 15) is 4.39 Å². The van der Waals surface area contributed by atoms with Crippen LogP contribution in [0.15, 0.2) is 41.0 Å². The molecule has 1 aromatic heterocycles. The average Bonchev–Trinajstić information content (AvgIpc) is 2.75. The van der Waals surface area contributed by atoms with Crippen molar-refractivity contribution >= 4 is 23.6 Å². The van der Waals surface area contributed by atoms with Gasteiger partial charge in [0.25, 0.3) is 0 Å². The molecule has 4 rings (SSSR count). The number of nitrogens with two attached hydrogens (primary N) is 2. The summed E-state index contributed by atoms with van der Waals surface area (Å²) in [6, 6.07) is 6.60. The normalized spacial score (nSPS) is 22.5. The molecule has 1 unspecified atom stereocenters. The maximum Gasteiger partial charge on any atom is 0.166 e. The number of hydrogen-bond donors (Lipinski definition) is 5. The molecule has 1 aliphatic carbocycles. The lowest BCUT2D eigenvalue weighted by Gasteiger charge is -2.30. The molecule has 1 fully saturated rings. The summed E-state index contributed by atoms with van der Waals surface area (Å²) in [7, 11) is 0. The Bertz CT molecular complexity index is 1080. The van der Waals surface area contributed by atoms with Gasteiger partial charge in [-0.25, -0.2) is 9.37 Å². The Morgan fingerprint density at radius 2 is 2.19 bits per heavy atom. The third kappa shape index (κ3) is 4.43. The molecule has 2 aromatic rings. The fourth-order valence-electron chi connectivity index (χ4n) is 3.86. The number of fused-ring (bicyclic) bond motifs is 3. The second kappa shape index (κ2) is 9.35. The molecule has 32 heavy (non-hydrogen) atoms. The molecule has 7 N–H and O–H groups in total. The standard InChI is InChI=1S/C23H28FN7O/c1-13-19-8-16(24)5-6-18(19)23(30-12-26)29-11-15(9-25)21(31-17-3-2-4-17)14-7-20(32-13)22(27)28-10-14/h5-10,13,17,25,31H,2-4,11-12,26H2,1H3,(H2,27,28)(H,29,30)/b21-15+,25-9?. The molecule has 1 aliphatic heterocycles. The first-order valence-electron chi connectivity index (χ1n) is 10.7. The number of rotatable bonds is 4. The molecule has 0 radical (unpaired) electrons. The van der Waals surface area contributed by atoms with Crippen molar-refractivity contribution in [3.8, 4) is 5.75 Å². The lowest BCUT2D eigenvalue weighted by atomic mass is 9.92. The van der Waals surface area contributed by atoms with Crippen molar-refractivity contribution in [3.05, 3.63) is 58.5 Å². The Kier molecular flexibility index (Phi) is 6.36. The summed E-state index contributed by atoms with van der Waals surface area (Å²) < 4.78 is 20.3. The number of nitrogens with one attached hydrogen (secondary N) is 3. The van der Waals surface area contributed by atoms with Gasteiger partial charge in [0.05, 0.1) is 6.67 Å². The van der Waals surface area contributed by atoms with Crippen LogP contribution in [0.25, 0.3) is 5.70 Å². The first kappa shape index (κ1) is 21.8. The molecule has 2 aliphatic rings. The number of halogens is 1. The minimum atomic E-state index is -0.529. The van der Waals surface area contributed by atoms with E-state index in [4.69, 9.17) is 21.6 Å². The number of nitrogens with zero attached hydrogens (tertiary/aromatic N) is 2. The van der Waals surface area contributed by atoms with Crippen LogP contribution in [0.1, 0.15) is 49.0 Å². The molecule has 0 amide bonds. The number of hydrogen-bond acceptors (Lipinski definition) is 7. The van der Waals surface area contributed by atoms with Gasteiger partial charge in [-0.15, -0.1) is 0 Å². The van der Waals surface area contributed by atoms with E-state index in [1.54, 1.807) is 12.3 Å². The number of benzene rings is 1. The van der Waals surface area contributed by atoms with Gasteiger partial charge in [0.15, 0.2) is 11.6 Å². The Labute approximate surface area is 186 Å². The third-order valence-electron chi connectivity index (χ3n) is 5.83. The maximum absolute atomic E-state index is 14.1. The Balaban J connectivity index is 1.87. The van der Waals surface area contributed by atoms with Crippen molar-refractivity contribution in [1.82, 2.24) is 15.6 Å². The first-order chi connectivity index (χ1) is 15.5. The summed E-state index contributed by atoms with van der Waals surface area (Å²) in [4.78, 5) is 8.72. The quantitative estimate of drug-likeness (QED) is 0.467. The largest absolute Gasteiger partial charge is 0.482 e. The highest BCUT2D eigenvalue weighted by atomic mass is 19.1. The van der Waals surface area contributed by atoms with Gasteiger partial charge >= 0.3 is 0 Å². The van der Waals surface area contributed by atoms with E-state index in [2.05, 4.69) is 20.6 Å². The Morgan fingerprint density at radius 1 is 1.38 bits per heavy atom. The second-order valence-corrected chi connectivity index (χ2v) is 7.96. The molecular formula is C23H28FN7O. The molecule has 2 bridgehead atoms. The van der Waals surface area contributed by atoms with Crippen LogP contribution in [0.4, 0.5) is 10.2 Å². The first-order valence-corrected chi connectivity index (χ1v) is 10.7. The van der Waals surface area contributed by atoms with Crippen LogP contribution < -0.4 is 26.8 Å². The molecule has 9 heteroatoms. The highest BCUT2D eigenvalue weighted by Gasteiger charge is 2.24. The van der Waals surface area contributed by atoms with Crippen molar-refractivity contribution < 1.29 is 9.13 Å². The SMILES string of the molecule is CC1Oc2cc(cnc2N)/C(NC2CCC2)=C(/C=N)CN/C(=N\CN)c2ccc(F)cc21. The average molecular weight is 438 g/mol. The van der Waals surface area contributed by atoms with Crippen molar-refractivity contribution in [2.24, 2.45) is 10.7 Å². The Morgan fingerprint density at radius 3 is 2.88 bits per heavy atom. The van der Waals surface area contributed by atoms with Gasteiger partial charge in [-0.3, -0.25) is 4.99 Å². The highest BCUT2D eigenvalue weighted by Crippen LogP contribution is 2.32. The van der Waals surface area contributed by atoms with E-state index in [0.717, 1.165) is 29.7 Å². The third-order valence-corrected chi connectivity index (χ3v) is 5.83. The molecule has 0 spiro atoms. The van der Waals surface area contributed by atoms with E-state index in [1.807, 2.05) is 13.0 Å². The van der Waals surface area contributed by atoms with Crippen LogP contribution in [-0.2, 0) is 0 Å². The van der Waals surface area contributed by atoms with Crippen LogP contribution in [-0.4, -0.2) is 36.3 Å². The molecular weight excluding hydrogens is 409 g/mol. The van der Waals surface area contributed by atoms with Crippen molar-refractivity contribution in [3.63, 3.8) is 0 Å². The number of amidine groups is 1. The van der Waals surface area contributed by atoms with E-state index < -0.39 is 6.10 Å². The smallest absolute Gasteiger partial charge is 0.166 e. The van der Waals surface area contributed by atoms with Gasteiger partial charge in [0.2, 0.25) is 0 Å². The lowest BCUT2D eigenvalue weighted by molar-refractivity contribution is 0.226. The van der Waals surface area contributed by atoms with Crippen molar-refractivity contribution in [2.75, 3.05) is 18.9 Å². The number of nitrogen functional groups attached to an aromatic ring is 1. The number of anilines is 1. The molecule has 168 valence electrons. The summed E-state index contributed by atoms with van der Waals surface area (Å²) in [6.07, 6.45) is 5.78. The summed E-state index contributed by atoms with van der Waals surface area (Å²) in [5.41, 5.74) is 15.4. The van der Waals surface area contributed by atoms with Gasteiger partial charge in [0.1, 0.15) is 17.8 Å². The topological polar surface area (TPSA) is 134 Å². The summed E-state index contributed by atoms with van der Waals surface area (Å²) in [6.45, 7) is 2.20. The van der Waals surface area contributed by atoms with E-state index in [-0.39, 0.29) is 18.3 Å². The zero-order valence-corrected chi connectivity index (χ0v) is 18.0. The molecule has 8 nitrogen and oxygen atoms in total. The van der Waals surface area contributed by atoms with Crippen LogP contribution in [0.5, 0.6) is 5.75 Å². The van der Waals surface area contributed by atoms with E-state index >= 15 is 0 Å². The summed E-state index contributed by atoms with van der Waals surface area (Å²) in [5.74, 6) is 0.762. The number of aliphatic imine (C=N–C) groups is 1. The van der Waals surface area contributed by atoms with Crippen LogP contribution >= 0.6 is 0 Å². The summed E-state index contributed by atoms with van der Waals surface area (Å²) >= 11 is 0. The fraction of sp³-hybridized carbons (Fsp3) is 0.348. The zero-order valence-electron chi connectivity index (χ0n) is 18.0. The molecule has 1 aromatic carbocycles. The van der Waals surface area contributed by atoms with Crippen LogP contribution in [0.2, 0.25) is 0 Å². The van der Waals surface area contributed by atoms with Crippen molar-refractivity contribution in [2.45, 2.75) is 38.3 Å². The predicted octanol–water partition coefficient (Wildman–Crippen LogP) is 2.71. The predicted molar refractivity (Wildman–Crippen MR) is 124 cm³/mol. The number of pyridine rings is 1. The highest BCUT2D eigenvalue weighted by molar-refractivity contribution is 6.01. The minimum Gasteiger partial charge on any atom is -0.482 e. The van der Waals surface area contributed by atoms with Gasteiger partial charge in [-0.05, 0) is 50.5 Å². The summed E-state index contributed by atoms with van der Waals surface area (Å²) in [5, 5.41) is 14.9. The fourth-order valence-corrected chi connectivity index (χ4v) is 3.86. The number of ether oxygens (including phenoxy) is 1. The van der Waals surface area contributed by atoms with E-state index in [1.165, 1.54) is 24.8 Å². The Hall–Kier alpha value is -3.46. The second-order valence-electron chi connectivity index (χ2n) is 7.96. The van der Waals surface area contributed by atoms with Gasteiger partial charge < -0.3 is 32.2 Å². The van der Waals surface area contributed by atoms with Gasteiger partial charge in [-0.2, -0.15) is 0 Å².